The lowest BCUT2D eigenvalue weighted by atomic mass is 10.0. The fraction of sp³-hybridized carbons (Fsp3) is 0.250. The molecule has 0 saturated carbocycles. The van der Waals surface area contributed by atoms with Gasteiger partial charge in [0.15, 0.2) is 0 Å². The van der Waals surface area contributed by atoms with Crippen LogP contribution in [-0.4, -0.2) is 27.7 Å². The van der Waals surface area contributed by atoms with Crippen LogP contribution in [0.2, 0.25) is 0 Å². The van der Waals surface area contributed by atoms with Gasteiger partial charge in [0.25, 0.3) is 5.91 Å². The Morgan fingerprint density at radius 3 is 2.86 bits per heavy atom. The van der Waals surface area contributed by atoms with E-state index >= 15 is 0 Å². The molecule has 1 atom stereocenters. The summed E-state index contributed by atoms with van der Waals surface area (Å²) >= 11 is 3.42. The van der Waals surface area contributed by atoms with E-state index in [9.17, 15) is 4.79 Å². The fourth-order valence-corrected chi connectivity index (χ4v) is 4.02. The van der Waals surface area contributed by atoms with Crippen LogP contribution in [0.1, 0.15) is 25.1 Å². The number of amides is 1. The second-order valence-corrected chi connectivity index (χ2v) is 8.60. The number of halogens is 1. The highest BCUT2D eigenvalue weighted by Gasteiger charge is 2.32. The summed E-state index contributed by atoms with van der Waals surface area (Å²) in [6, 6.07) is 7.30. The molecule has 1 amide bonds. The molecule has 1 unspecified atom stereocenters. The van der Waals surface area contributed by atoms with Crippen molar-refractivity contribution >= 4 is 51.2 Å². The van der Waals surface area contributed by atoms with Gasteiger partial charge in [0.05, 0.1) is 14.6 Å². The number of fused-ring (bicyclic) bond motifs is 1. The van der Waals surface area contributed by atoms with E-state index in [1.807, 2.05) is 38.3 Å². The van der Waals surface area contributed by atoms with Crippen molar-refractivity contribution in [1.29, 1.82) is 0 Å². The van der Waals surface area contributed by atoms with Gasteiger partial charge in [0.2, 0.25) is 5.44 Å². The molecule has 0 saturated heterocycles. The maximum atomic E-state index is 12.8. The Labute approximate surface area is 180 Å². The van der Waals surface area contributed by atoms with Crippen molar-refractivity contribution in [2.75, 3.05) is 6.26 Å². The Kier molecular flexibility index (Phi) is 6.15. The van der Waals surface area contributed by atoms with Gasteiger partial charge < -0.3 is 14.6 Å². The first-order valence-electron chi connectivity index (χ1n) is 8.32. The second-order valence-electron chi connectivity index (χ2n) is 6.53. The van der Waals surface area contributed by atoms with Gasteiger partial charge in [-0.25, -0.2) is 0 Å². The Morgan fingerprint density at radius 1 is 1.43 bits per heavy atom. The molecule has 1 N–H and O–H groups in total. The summed E-state index contributed by atoms with van der Waals surface area (Å²) in [7, 11) is 0. The lowest BCUT2D eigenvalue weighted by molar-refractivity contribution is -0.126. The first-order valence-corrected chi connectivity index (χ1v) is 10.7. The quantitative estimate of drug-likeness (QED) is 0.310. The van der Waals surface area contributed by atoms with Crippen LogP contribution in [0.3, 0.4) is 0 Å². The third-order valence-electron chi connectivity index (χ3n) is 4.04. The van der Waals surface area contributed by atoms with Gasteiger partial charge in [-0.05, 0) is 67.0 Å². The molecule has 28 heavy (non-hydrogen) atoms. The van der Waals surface area contributed by atoms with Gasteiger partial charge in [0.1, 0.15) is 17.7 Å². The molecular formula is C20H18IN3O3S. The van der Waals surface area contributed by atoms with Crippen molar-refractivity contribution in [3.8, 4) is 18.1 Å². The maximum absolute atomic E-state index is 12.8. The molecule has 1 aromatic carbocycles. The Hall–Kier alpha value is -2.25. The zero-order valence-corrected chi connectivity index (χ0v) is 18.5. The zero-order chi connectivity index (χ0) is 20.3. The van der Waals surface area contributed by atoms with E-state index < -0.39 is 11.0 Å². The fourth-order valence-electron chi connectivity index (χ4n) is 2.66. The van der Waals surface area contributed by atoms with Crippen LogP contribution in [0.25, 0.3) is 10.9 Å². The highest BCUT2D eigenvalue weighted by Crippen LogP contribution is 2.26. The molecule has 0 fully saturated rings. The zero-order valence-electron chi connectivity index (χ0n) is 15.5. The number of ether oxygens (including phenoxy) is 1. The molecule has 0 aliphatic rings. The van der Waals surface area contributed by atoms with Crippen LogP contribution in [-0.2, 0) is 10.3 Å². The van der Waals surface area contributed by atoms with Gasteiger partial charge in [-0.2, -0.15) is 0 Å². The van der Waals surface area contributed by atoms with Crippen molar-refractivity contribution in [2.24, 2.45) is 0 Å². The maximum Gasteiger partial charge on any atom is 0.272 e. The Morgan fingerprint density at radius 2 is 2.21 bits per heavy atom. The van der Waals surface area contributed by atoms with E-state index in [1.165, 1.54) is 11.8 Å². The van der Waals surface area contributed by atoms with Crippen molar-refractivity contribution < 1.29 is 14.1 Å². The number of nitrogens with zero attached hydrogens (tertiary/aromatic N) is 2. The minimum Gasteiger partial charge on any atom is -0.470 e. The molecule has 0 bridgehead atoms. The number of rotatable bonds is 6. The average molecular weight is 507 g/mol. The van der Waals surface area contributed by atoms with Crippen LogP contribution in [0.5, 0.6) is 5.75 Å². The lowest BCUT2D eigenvalue weighted by Crippen LogP contribution is -2.47. The Balaban J connectivity index is 1.78. The summed E-state index contributed by atoms with van der Waals surface area (Å²) in [4.78, 5) is 17.1. The molecular weight excluding hydrogens is 489 g/mol. The summed E-state index contributed by atoms with van der Waals surface area (Å²) < 4.78 is 11.8. The highest BCUT2D eigenvalue weighted by atomic mass is 127. The van der Waals surface area contributed by atoms with Crippen LogP contribution in [0.4, 0.5) is 0 Å². The van der Waals surface area contributed by atoms with Crippen molar-refractivity contribution in [3.05, 3.63) is 51.6 Å². The number of hydrogen-bond acceptors (Lipinski definition) is 6. The lowest BCUT2D eigenvalue weighted by Gasteiger charge is -2.27. The van der Waals surface area contributed by atoms with E-state index in [4.69, 9.17) is 15.7 Å². The molecule has 0 spiro atoms. The summed E-state index contributed by atoms with van der Waals surface area (Å²) in [6.45, 7) is 3.73. The van der Waals surface area contributed by atoms with Crippen molar-refractivity contribution in [1.82, 2.24) is 15.5 Å². The molecule has 0 aliphatic heterocycles. The normalized spacial score (nSPS) is 12.4. The van der Waals surface area contributed by atoms with Crippen LogP contribution in [0.15, 0.2) is 41.2 Å². The second kappa shape index (κ2) is 8.41. The summed E-state index contributed by atoms with van der Waals surface area (Å²) in [5.74, 6) is 2.87. The van der Waals surface area contributed by atoms with Crippen molar-refractivity contribution in [2.45, 2.75) is 24.8 Å². The SMILES string of the molecule is C#Cc1cnc2ccc(OC(SC)C(=O)NC(C)(C)c3nocc3I)cc2c1. The number of carbonyl (C=O) groups is 1. The van der Waals surface area contributed by atoms with Crippen LogP contribution < -0.4 is 10.1 Å². The number of pyridine rings is 1. The third-order valence-corrected chi connectivity index (χ3v) is 5.55. The van der Waals surface area contributed by atoms with Gasteiger partial charge in [-0.15, -0.1) is 18.2 Å². The predicted octanol–water partition coefficient (Wildman–Crippen LogP) is 3.93. The Bertz CT molecular complexity index is 1060. The molecule has 144 valence electrons. The standard InChI is InChI=1S/C20H18IN3O3S/c1-5-12-8-13-9-14(6-7-16(13)22-10-12)27-19(28-4)18(25)23-20(2,3)17-15(21)11-26-24-17/h1,6-11,19H,2-4H3,(H,23,25). The number of thioether (sulfide) groups is 1. The summed E-state index contributed by atoms with van der Waals surface area (Å²) in [5.41, 5.74) is 0.725. The molecule has 6 nitrogen and oxygen atoms in total. The number of benzene rings is 1. The molecule has 2 aromatic heterocycles. The highest BCUT2D eigenvalue weighted by molar-refractivity contribution is 14.1. The van der Waals surface area contributed by atoms with E-state index in [0.717, 1.165) is 14.5 Å². The van der Waals surface area contributed by atoms with E-state index in [1.54, 1.807) is 18.5 Å². The molecule has 0 aliphatic carbocycles. The molecule has 0 radical (unpaired) electrons. The van der Waals surface area contributed by atoms with Gasteiger partial charge in [0, 0.05) is 17.1 Å². The van der Waals surface area contributed by atoms with Crippen LogP contribution in [0, 0.1) is 15.9 Å². The van der Waals surface area contributed by atoms with Crippen molar-refractivity contribution in [3.63, 3.8) is 0 Å². The van der Waals surface area contributed by atoms with E-state index in [-0.39, 0.29) is 5.91 Å². The number of nitrogens with one attached hydrogen (secondary N) is 1. The number of aromatic nitrogens is 2. The molecule has 2 heterocycles. The van der Waals surface area contributed by atoms with Gasteiger partial charge in [-0.1, -0.05) is 11.1 Å². The summed E-state index contributed by atoms with van der Waals surface area (Å²) in [5, 5.41) is 7.82. The smallest absolute Gasteiger partial charge is 0.272 e. The van der Waals surface area contributed by atoms with Gasteiger partial charge >= 0.3 is 0 Å². The molecule has 8 heteroatoms. The largest absolute Gasteiger partial charge is 0.470 e. The van der Waals surface area contributed by atoms with E-state index in [0.29, 0.717) is 17.0 Å². The molecule has 3 rings (SSSR count). The number of hydrogen-bond donors (Lipinski definition) is 1. The first-order chi connectivity index (χ1) is 13.3. The number of terminal acetylenes is 1. The summed E-state index contributed by atoms with van der Waals surface area (Å²) in [6.07, 6.45) is 10.4. The minimum atomic E-state index is -0.731. The topological polar surface area (TPSA) is 77.2 Å². The predicted molar refractivity (Wildman–Crippen MR) is 118 cm³/mol. The third kappa shape index (κ3) is 4.42. The van der Waals surface area contributed by atoms with Crippen LogP contribution >= 0.6 is 34.4 Å². The van der Waals surface area contributed by atoms with Gasteiger partial charge in [-0.3, -0.25) is 9.78 Å². The minimum absolute atomic E-state index is 0.258. The number of carbonyl (C=O) groups excluding carboxylic acids is 1. The van der Waals surface area contributed by atoms with E-state index in [2.05, 4.69) is 44.0 Å². The molecule has 3 aromatic rings. The average Bonchev–Trinajstić information content (AvgIpc) is 3.12. The monoisotopic (exact) mass is 507 g/mol. The first kappa shape index (κ1) is 20.5.